The van der Waals surface area contributed by atoms with Gasteiger partial charge in [-0.25, -0.2) is 9.97 Å². The smallest absolute Gasteiger partial charge is 0.159 e. The second-order valence-electron chi connectivity index (χ2n) is 3.32. The van der Waals surface area contributed by atoms with Gasteiger partial charge in [0, 0.05) is 10.6 Å². The van der Waals surface area contributed by atoms with Crippen LogP contribution < -0.4 is 4.74 Å². The molecule has 1 heterocycles. The van der Waals surface area contributed by atoms with Gasteiger partial charge in [0.25, 0.3) is 0 Å². The zero-order valence-electron chi connectivity index (χ0n) is 9.01. The van der Waals surface area contributed by atoms with Crippen LogP contribution in [-0.2, 0) is 0 Å². The molecular formula is C12H11ClN2O2. The third-order valence-corrected chi connectivity index (χ3v) is 2.31. The molecule has 0 saturated carbocycles. The van der Waals surface area contributed by atoms with Gasteiger partial charge in [-0.2, -0.15) is 0 Å². The molecule has 0 atom stereocenters. The van der Waals surface area contributed by atoms with Gasteiger partial charge in [-0.15, -0.1) is 0 Å². The maximum absolute atomic E-state index is 8.61. The molecule has 0 saturated heterocycles. The molecule has 4 nitrogen and oxygen atoms in total. The number of nitrogens with zero attached hydrogens (tertiary/aromatic N) is 2. The van der Waals surface area contributed by atoms with Crippen LogP contribution in [0.4, 0.5) is 0 Å². The fraction of sp³-hybridized carbons (Fsp3) is 0.167. The monoisotopic (exact) mass is 250 g/mol. The SMILES string of the molecule is OCCOc1cnc(-c2cccc(Cl)c2)nc1. The molecule has 0 aliphatic rings. The average Bonchev–Trinajstić information content (AvgIpc) is 2.37. The Labute approximate surface area is 104 Å². The van der Waals surface area contributed by atoms with Crippen molar-refractivity contribution in [2.45, 2.75) is 0 Å². The van der Waals surface area contributed by atoms with Crippen LogP contribution in [0.2, 0.25) is 5.02 Å². The summed E-state index contributed by atoms with van der Waals surface area (Å²) in [4.78, 5) is 8.33. The first-order valence-electron chi connectivity index (χ1n) is 5.11. The molecule has 2 rings (SSSR count). The van der Waals surface area contributed by atoms with Gasteiger partial charge in [-0.05, 0) is 12.1 Å². The molecule has 1 N–H and O–H groups in total. The number of hydrogen-bond acceptors (Lipinski definition) is 4. The number of aliphatic hydroxyl groups is 1. The maximum atomic E-state index is 8.61. The second-order valence-corrected chi connectivity index (χ2v) is 3.76. The van der Waals surface area contributed by atoms with E-state index < -0.39 is 0 Å². The molecule has 0 radical (unpaired) electrons. The summed E-state index contributed by atoms with van der Waals surface area (Å²) in [6, 6.07) is 7.32. The van der Waals surface area contributed by atoms with Crippen LogP contribution in [-0.4, -0.2) is 28.3 Å². The van der Waals surface area contributed by atoms with E-state index in [1.807, 2.05) is 12.1 Å². The molecule has 0 amide bonds. The molecule has 0 unspecified atom stereocenters. The largest absolute Gasteiger partial charge is 0.488 e. The van der Waals surface area contributed by atoms with Crippen LogP contribution >= 0.6 is 11.6 Å². The minimum atomic E-state index is -0.0317. The zero-order valence-corrected chi connectivity index (χ0v) is 9.76. The lowest BCUT2D eigenvalue weighted by molar-refractivity contribution is 0.200. The topological polar surface area (TPSA) is 55.2 Å². The van der Waals surface area contributed by atoms with E-state index in [-0.39, 0.29) is 13.2 Å². The number of ether oxygens (including phenoxy) is 1. The Morgan fingerprint density at radius 2 is 2.00 bits per heavy atom. The average molecular weight is 251 g/mol. The molecule has 2 aromatic rings. The molecular weight excluding hydrogens is 240 g/mol. The summed E-state index contributed by atoms with van der Waals surface area (Å²) in [7, 11) is 0. The fourth-order valence-corrected chi connectivity index (χ4v) is 1.52. The van der Waals surface area contributed by atoms with Crippen LogP contribution in [0.25, 0.3) is 11.4 Å². The lowest BCUT2D eigenvalue weighted by Gasteiger charge is -2.04. The number of aliphatic hydroxyl groups excluding tert-OH is 1. The normalized spacial score (nSPS) is 10.2. The quantitative estimate of drug-likeness (QED) is 0.904. The van der Waals surface area contributed by atoms with E-state index in [2.05, 4.69) is 9.97 Å². The minimum absolute atomic E-state index is 0.0317. The first kappa shape index (κ1) is 11.8. The predicted octanol–water partition coefficient (Wildman–Crippen LogP) is 2.17. The van der Waals surface area contributed by atoms with Gasteiger partial charge in [0.15, 0.2) is 11.6 Å². The van der Waals surface area contributed by atoms with Crippen molar-refractivity contribution in [1.82, 2.24) is 9.97 Å². The Morgan fingerprint density at radius 3 is 2.65 bits per heavy atom. The van der Waals surface area contributed by atoms with Crippen LogP contribution in [0.15, 0.2) is 36.7 Å². The van der Waals surface area contributed by atoms with Crippen molar-refractivity contribution in [3.8, 4) is 17.1 Å². The maximum Gasteiger partial charge on any atom is 0.159 e. The molecule has 0 aliphatic carbocycles. The molecule has 0 spiro atoms. The molecule has 0 fully saturated rings. The van der Waals surface area contributed by atoms with Crippen LogP contribution in [0, 0.1) is 0 Å². The summed E-state index contributed by atoms with van der Waals surface area (Å²) in [6.07, 6.45) is 3.14. The Bertz CT molecular complexity index is 488. The first-order valence-corrected chi connectivity index (χ1v) is 5.49. The summed E-state index contributed by atoms with van der Waals surface area (Å²) in [5, 5.41) is 9.26. The Hall–Kier alpha value is -1.65. The van der Waals surface area contributed by atoms with Gasteiger partial charge in [0.2, 0.25) is 0 Å². The standard InChI is InChI=1S/C12H11ClN2O2/c13-10-3-1-2-9(6-10)12-14-7-11(8-15-12)17-5-4-16/h1-3,6-8,16H,4-5H2. The van der Waals surface area contributed by atoms with Gasteiger partial charge >= 0.3 is 0 Å². The third kappa shape index (κ3) is 3.15. The summed E-state index contributed by atoms with van der Waals surface area (Å²) in [6.45, 7) is 0.204. The van der Waals surface area contributed by atoms with Crippen molar-refractivity contribution in [2.75, 3.05) is 13.2 Å². The van der Waals surface area contributed by atoms with E-state index >= 15 is 0 Å². The van der Waals surface area contributed by atoms with Crippen molar-refractivity contribution in [1.29, 1.82) is 0 Å². The molecule has 1 aromatic carbocycles. The molecule has 88 valence electrons. The second kappa shape index (κ2) is 5.61. The molecule has 17 heavy (non-hydrogen) atoms. The van der Waals surface area contributed by atoms with Gasteiger partial charge in [0.05, 0.1) is 19.0 Å². The van der Waals surface area contributed by atoms with E-state index in [1.165, 1.54) is 0 Å². The third-order valence-electron chi connectivity index (χ3n) is 2.07. The highest BCUT2D eigenvalue weighted by atomic mass is 35.5. The highest BCUT2D eigenvalue weighted by Crippen LogP contribution is 2.20. The fourth-order valence-electron chi connectivity index (χ4n) is 1.33. The molecule has 0 aliphatic heterocycles. The Balaban J connectivity index is 2.17. The highest BCUT2D eigenvalue weighted by molar-refractivity contribution is 6.30. The minimum Gasteiger partial charge on any atom is -0.488 e. The van der Waals surface area contributed by atoms with Gasteiger partial charge in [-0.3, -0.25) is 0 Å². The summed E-state index contributed by atoms with van der Waals surface area (Å²) < 4.78 is 5.17. The summed E-state index contributed by atoms with van der Waals surface area (Å²) in [5.74, 6) is 1.12. The van der Waals surface area contributed by atoms with Gasteiger partial charge < -0.3 is 9.84 Å². The number of hydrogen-bond donors (Lipinski definition) is 1. The number of halogens is 1. The Kier molecular flexibility index (Phi) is 3.90. The number of benzene rings is 1. The van der Waals surface area contributed by atoms with Crippen molar-refractivity contribution in [3.05, 3.63) is 41.7 Å². The van der Waals surface area contributed by atoms with Crippen LogP contribution in [0.1, 0.15) is 0 Å². The predicted molar refractivity (Wildman–Crippen MR) is 65.1 cm³/mol. The van der Waals surface area contributed by atoms with Gasteiger partial charge in [-0.1, -0.05) is 23.7 Å². The van der Waals surface area contributed by atoms with Crippen LogP contribution in [0.5, 0.6) is 5.75 Å². The Morgan fingerprint density at radius 1 is 1.24 bits per heavy atom. The van der Waals surface area contributed by atoms with E-state index in [4.69, 9.17) is 21.4 Å². The van der Waals surface area contributed by atoms with Crippen molar-refractivity contribution >= 4 is 11.6 Å². The van der Waals surface area contributed by atoms with E-state index in [1.54, 1.807) is 24.5 Å². The van der Waals surface area contributed by atoms with E-state index in [0.29, 0.717) is 16.6 Å². The van der Waals surface area contributed by atoms with Crippen molar-refractivity contribution in [3.63, 3.8) is 0 Å². The van der Waals surface area contributed by atoms with E-state index in [0.717, 1.165) is 5.56 Å². The highest BCUT2D eigenvalue weighted by Gasteiger charge is 2.02. The lowest BCUT2D eigenvalue weighted by atomic mass is 10.2. The number of rotatable bonds is 4. The van der Waals surface area contributed by atoms with Crippen molar-refractivity contribution in [2.24, 2.45) is 0 Å². The summed E-state index contributed by atoms with van der Waals surface area (Å²) in [5.41, 5.74) is 0.853. The molecule has 0 bridgehead atoms. The summed E-state index contributed by atoms with van der Waals surface area (Å²) >= 11 is 5.89. The van der Waals surface area contributed by atoms with Crippen LogP contribution in [0.3, 0.4) is 0 Å². The van der Waals surface area contributed by atoms with Crippen molar-refractivity contribution < 1.29 is 9.84 Å². The zero-order chi connectivity index (χ0) is 12.1. The van der Waals surface area contributed by atoms with Gasteiger partial charge in [0.1, 0.15) is 6.61 Å². The molecule has 1 aromatic heterocycles. The first-order chi connectivity index (χ1) is 8.29. The van der Waals surface area contributed by atoms with E-state index in [9.17, 15) is 0 Å². The lowest BCUT2D eigenvalue weighted by Crippen LogP contribution is -2.02. The molecule has 5 heteroatoms. The number of aromatic nitrogens is 2.